The average molecular weight is 319 g/mol. The first kappa shape index (κ1) is 16.0. The fraction of sp³-hybridized carbons (Fsp3) is 0.143. The Balaban J connectivity index is 2.09. The molecule has 0 aliphatic carbocycles. The molecular formula is C14H13N3O6. The van der Waals surface area contributed by atoms with Crippen molar-refractivity contribution < 1.29 is 24.7 Å². The fourth-order valence-corrected chi connectivity index (χ4v) is 1.92. The lowest BCUT2D eigenvalue weighted by Crippen LogP contribution is -2.42. The molecule has 0 saturated heterocycles. The van der Waals surface area contributed by atoms with Gasteiger partial charge in [0.25, 0.3) is 11.6 Å². The average Bonchev–Trinajstić information content (AvgIpc) is 2.98. The van der Waals surface area contributed by atoms with Crippen LogP contribution in [0, 0.1) is 10.1 Å². The van der Waals surface area contributed by atoms with E-state index in [2.05, 4.69) is 10.3 Å². The minimum Gasteiger partial charge on any atom is -0.508 e. The number of H-pyrrole nitrogens is 1. The predicted octanol–water partition coefficient (Wildman–Crippen LogP) is 1.05. The molecule has 9 heteroatoms. The van der Waals surface area contributed by atoms with Gasteiger partial charge in [0.2, 0.25) is 0 Å². The standard InChI is InChI=1S/C14H13N3O6/c18-10-3-1-8(2-4-10)5-12(14(20)21)16-13(19)11-6-9(7-15-11)17(22)23/h1-4,6-7,12,15,18H,5H2,(H,16,19)(H,20,21). The summed E-state index contributed by atoms with van der Waals surface area (Å²) in [5, 5.41) is 31.3. The fourth-order valence-electron chi connectivity index (χ4n) is 1.92. The number of phenolic OH excluding ortho intramolecular Hbond substituents is 1. The summed E-state index contributed by atoms with van der Waals surface area (Å²) in [6.07, 6.45) is 1.05. The van der Waals surface area contributed by atoms with E-state index in [0.29, 0.717) is 5.56 Å². The third kappa shape index (κ3) is 4.06. The Morgan fingerprint density at radius 3 is 2.48 bits per heavy atom. The van der Waals surface area contributed by atoms with Crippen LogP contribution in [-0.4, -0.2) is 38.0 Å². The van der Waals surface area contributed by atoms with Crippen molar-refractivity contribution in [3.05, 3.63) is 57.9 Å². The second-order valence-corrected chi connectivity index (χ2v) is 4.76. The molecule has 2 aromatic rings. The van der Waals surface area contributed by atoms with Gasteiger partial charge in [0.15, 0.2) is 0 Å². The molecular weight excluding hydrogens is 306 g/mol. The third-order valence-electron chi connectivity index (χ3n) is 3.10. The first-order chi connectivity index (χ1) is 10.9. The summed E-state index contributed by atoms with van der Waals surface area (Å²) in [7, 11) is 0. The summed E-state index contributed by atoms with van der Waals surface area (Å²) in [5.41, 5.74) is 0.210. The molecule has 1 aromatic carbocycles. The molecule has 0 fully saturated rings. The lowest BCUT2D eigenvalue weighted by molar-refractivity contribution is -0.384. The number of aromatic amines is 1. The zero-order valence-electron chi connectivity index (χ0n) is 11.7. The van der Waals surface area contributed by atoms with Gasteiger partial charge in [-0.05, 0) is 17.7 Å². The van der Waals surface area contributed by atoms with Crippen molar-refractivity contribution in [1.82, 2.24) is 10.3 Å². The largest absolute Gasteiger partial charge is 0.508 e. The Bertz CT molecular complexity index is 737. The van der Waals surface area contributed by atoms with E-state index in [9.17, 15) is 29.9 Å². The van der Waals surface area contributed by atoms with Crippen LogP contribution in [0.1, 0.15) is 16.1 Å². The highest BCUT2D eigenvalue weighted by Gasteiger charge is 2.23. The molecule has 4 N–H and O–H groups in total. The van der Waals surface area contributed by atoms with Crippen molar-refractivity contribution >= 4 is 17.6 Å². The summed E-state index contributed by atoms with van der Waals surface area (Å²) in [4.78, 5) is 35.6. The maximum Gasteiger partial charge on any atom is 0.326 e. The van der Waals surface area contributed by atoms with Gasteiger partial charge in [-0.2, -0.15) is 0 Å². The number of nitro groups is 1. The number of phenols is 1. The summed E-state index contributed by atoms with van der Waals surface area (Å²) < 4.78 is 0. The molecule has 1 unspecified atom stereocenters. The van der Waals surface area contributed by atoms with E-state index >= 15 is 0 Å². The Hall–Kier alpha value is -3.36. The van der Waals surface area contributed by atoms with Crippen LogP contribution < -0.4 is 5.32 Å². The summed E-state index contributed by atoms with van der Waals surface area (Å²) in [5.74, 6) is -1.96. The van der Waals surface area contributed by atoms with E-state index in [1.165, 1.54) is 24.3 Å². The Morgan fingerprint density at radius 2 is 1.96 bits per heavy atom. The first-order valence-corrected chi connectivity index (χ1v) is 6.51. The molecule has 0 spiro atoms. The number of amides is 1. The molecule has 0 aliphatic heterocycles. The Morgan fingerprint density at radius 1 is 1.30 bits per heavy atom. The molecule has 0 radical (unpaired) electrons. The molecule has 1 atom stereocenters. The van der Waals surface area contributed by atoms with E-state index < -0.39 is 22.8 Å². The van der Waals surface area contributed by atoms with E-state index in [4.69, 9.17) is 0 Å². The normalized spacial score (nSPS) is 11.7. The van der Waals surface area contributed by atoms with Crippen LogP contribution in [0.5, 0.6) is 5.75 Å². The minimum atomic E-state index is -1.24. The quantitative estimate of drug-likeness (QED) is 0.462. The van der Waals surface area contributed by atoms with E-state index in [1.54, 1.807) is 0 Å². The highest BCUT2D eigenvalue weighted by Crippen LogP contribution is 2.14. The van der Waals surface area contributed by atoms with Crippen LogP contribution in [0.3, 0.4) is 0 Å². The van der Waals surface area contributed by atoms with E-state index in [0.717, 1.165) is 12.3 Å². The molecule has 0 saturated carbocycles. The molecule has 1 heterocycles. The van der Waals surface area contributed by atoms with Crippen molar-refractivity contribution in [3.8, 4) is 5.75 Å². The number of carboxylic acids is 1. The third-order valence-corrected chi connectivity index (χ3v) is 3.10. The second kappa shape index (κ2) is 6.60. The van der Waals surface area contributed by atoms with Crippen molar-refractivity contribution in [2.24, 2.45) is 0 Å². The Kier molecular flexibility index (Phi) is 4.60. The second-order valence-electron chi connectivity index (χ2n) is 4.76. The number of carbonyl (C=O) groups excluding carboxylic acids is 1. The van der Waals surface area contributed by atoms with Gasteiger partial charge in [-0.1, -0.05) is 12.1 Å². The zero-order chi connectivity index (χ0) is 17.0. The first-order valence-electron chi connectivity index (χ1n) is 6.51. The summed E-state index contributed by atoms with van der Waals surface area (Å²) >= 11 is 0. The maximum atomic E-state index is 12.0. The number of carboxylic acid groups (broad SMARTS) is 1. The van der Waals surface area contributed by atoms with Gasteiger partial charge in [-0.15, -0.1) is 0 Å². The molecule has 0 aliphatic rings. The van der Waals surface area contributed by atoms with Gasteiger partial charge < -0.3 is 20.5 Å². The van der Waals surface area contributed by atoms with E-state index in [1.807, 2.05) is 0 Å². The van der Waals surface area contributed by atoms with Crippen LogP contribution in [0.25, 0.3) is 0 Å². The van der Waals surface area contributed by atoms with Gasteiger partial charge in [-0.25, -0.2) is 4.79 Å². The molecule has 120 valence electrons. The van der Waals surface area contributed by atoms with Crippen molar-refractivity contribution in [2.45, 2.75) is 12.5 Å². The number of rotatable bonds is 6. The monoisotopic (exact) mass is 319 g/mol. The van der Waals surface area contributed by atoms with Crippen LogP contribution in [0.15, 0.2) is 36.5 Å². The van der Waals surface area contributed by atoms with Gasteiger partial charge in [-0.3, -0.25) is 14.9 Å². The number of hydrogen-bond acceptors (Lipinski definition) is 5. The highest BCUT2D eigenvalue weighted by molar-refractivity contribution is 5.95. The molecule has 9 nitrogen and oxygen atoms in total. The lowest BCUT2D eigenvalue weighted by Gasteiger charge is -2.14. The van der Waals surface area contributed by atoms with Crippen LogP contribution >= 0.6 is 0 Å². The molecule has 1 amide bonds. The molecule has 2 rings (SSSR count). The number of nitrogens with one attached hydrogen (secondary N) is 2. The smallest absolute Gasteiger partial charge is 0.326 e. The number of nitrogens with zero attached hydrogens (tertiary/aromatic N) is 1. The van der Waals surface area contributed by atoms with E-state index in [-0.39, 0.29) is 23.6 Å². The number of benzene rings is 1. The Labute approximate surface area is 129 Å². The van der Waals surface area contributed by atoms with Crippen LogP contribution in [-0.2, 0) is 11.2 Å². The van der Waals surface area contributed by atoms with Crippen molar-refractivity contribution in [3.63, 3.8) is 0 Å². The number of carbonyl (C=O) groups is 2. The number of aliphatic carboxylic acids is 1. The number of aromatic nitrogens is 1. The van der Waals surface area contributed by atoms with Gasteiger partial charge >= 0.3 is 5.97 Å². The van der Waals surface area contributed by atoms with Crippen molar-refractivity contribution in [2.75, 3.05) is 0 Å². The van der Waals surface area contributed by atoms with Crippen molar-refractivity contribution in [1.29, 1.82) is 0 Å². The van der Waals surface area contributed by atoms with Gasteiger partial charge in [0, 0.05) is 12.5 Å². The SMILES string of the molecule is O=C(NC(Cc1ccc(O)cc1)C(=O)O)c1cc([N+](=O)[O-])c[nH]1. The zero-order valence-corrected chi connectivity index (χ0v) is 11.7. The van der Waals surface area contributed by atoms with Gasteiger partial charge in [0.1, 0.15) is 17.5 Å². The topological polar surface area (TPSA) is 146 Å². The summed E-state index contributed by atoms with van der Waals surface area (Å²) in [6.45, 7) is 0. The number of aromatic hydroxyl groups is 1. The molecule has 0 bridgehead atoms. The maximum absolute atomic E-state index is 12.0. The van der Waals surface area contributed by atoms with Gasteiger partial charge in [0.05, 0.1) is 11.1 Å². The summed E-state index contributed by atoms with van der Waals surface area (Å²) in [6, 6.07) is 5.70. The van der Waals surface area contributed by atoms with Crippen LogP contribution in [0.2, 0.25) is 0 Å². The molecule has 23 heavy (non-hydrogen) atoms. The highest BCUT2D eigenvalue weighted by atomic mass is 16.6. The minimum absolute atomic E-state index is 0.00412. The lowest BCUT2D eigenvalue weighted by atomic mass is 10.1. The number of hydrogen-bond donors (Lipinski definition) is 4. The van der Waals surface area contributed by atoms with Crippen LogP contribution in [0.4, 0.5) is 5.69 Å². The predicted molar refractivity (Wildman–Crippen MR) is 78.1 cm³/mol. The molecule has 1 aromatic heterocycles.